The van der Waals surface area contributed by atoms with E-state index in [2.05, 4.69) is 21.2 Å². The Labute approximate surface area is 123 Å². The Bertz CT molecular complexity index is 631. The molecule has 5 heteroatoms. The highest BCUT2D eigenvalue weighted by atomic mass is 16.4. The molecule has 21 heavy (non-hydrogen) atoms. The zero-order valence-electron chi connectivity index (χ0n) is 11.9. The van der Waals surface area contributed by atoms with Crippen molar-refractivity contribution in [1.29, 1.82) is 0 Å². The number of hydrogen-bond acceptors (Lipinski definition) is 4. The van der Waals surface area contributed by atoms with Crippen molar-refractivity contribution in [3.8, 4) is 0 Å². The molecule has 0 bridgehead atoms. The summed E-state index contributed by atoms with van der Waals surface area (Å²) in [7, 11) is 0. The smallest absolute Gasteiger partial charge is 0.303 e. The minimum absolute atomic E-state index is 0.282. The number of hydrogen-bond donors (Lipinski definition) is 1. The summed E-state index contributed by atoms with van der Waals surface area (Å²) in [6.45, 7) is 1.92. The molecule has 0 spiro atoms. The maximum Gasteiger partial charge on any atom is 0.303 e. The number of fused-ring (bicyclic) bond motifs is 1. The van der Waals surface area contributed by atoms with Crippen LogP contribution in [0.25, 0.3) is 10.9 Å². The fourth-order valence-corrected chi connectivity index (χ4v) is 3.03. The molecule has 1 aromatic carbocycles. The maximum atomic E-state index is 10.6. The summed E-state index contributed by atoms with van der Waals surface area (Å²) >= 11 is 0. The molecule has 1 aliphatic heterocycles. The first kappa shape index (κ1) is 13.8. The van der Waals surface area contributed by atoms with Gasteiger partial charge in [-0.15, -0.1) is 0 Å². The van der Waals surface area contributed by atoms with Crippen molar-refractivity contribution in [2.45, 2.75) is 25.7 Å². The first-order valence-electron chi connectivity index (χ1n) is 7.41. The van der Waals surface area contributed by atoms with Gasteiger partial charge in [0, 0.05) is 24.9 Å². The molecule has 1 fully saturated rings. The Morgan fingerprint density at radius 2 is 2.05 bits per heavy atom. The summed E-state index contributed by atoms with van der Waals surface area (Å²) in [5.74, 6) is -0.167. The van der Waals surface area contributed by atoms with Gasteiger partial charge in [-0.3, -0.25) is 4.79 Å². The van der Waals surface area contributed by atoms with Crippen LogP contribution in [0.15, 0.2) is 30.5 Å². The van der Waals surface area contributed by atoms with E-state index in [9.17, 15) is 4.79 Å². The van der Waals surface area contributed by atoms with Crippen LogP contribution in [0.2, 0.25) is 0 Å². The minimum Gasteiger partial charge on any atom is -0.481 e. The van der Waals surface area contributed by atoms with Crippen LogP contribution in [-0.2, 0) is 4.79 Å². The van der Waals surface area contributed by atoms with Crippen molar-refractivity contribution in [1.82, 2.24) is 10.2 Å². The van der Waals surface area contributed by atoms with E-state index in [4.69, 9.17) is 5.11 Å². The van der Waals surface area contributed by atoms with Gasteiger partial charge in [-0.05, 0) is 31.2 Å². The first-order valence-corrected chi connectivity index (χ1v) is 7.41. The van der Waals surface area contributed by atoms with E-state index in [1.165, 1.54) is 0 Å². The van der Waals surface area contributed by atoms with E-state index in [0.29, 0.717) is 5.92 Å². The molecular formula is C16H19N3O2. The largest absolute Gasteiger partial charge is 0.481 e. The Morgan fingerprint density at radius 1 is 1.29 bits per heavy atom. The van der Waals surface area contributed by atoms with E-state index in [1.54, 1.807) is 0 Å². The molecule has 0 saturated carbocycles. The molecule has 0 radical (unpaired) electrons. The molecule has 2 aromatic rings. The number of nitrogens with zero attached hydrogens (tertiary/aromatic N) is 3. The lowest BCUT2D eigenvalue weighted by atomic mass is 9.92. The van der Waals surface area contributed by atoms with Gasteiger partial charge in [0.25, 0.3) is 0 Å². The van der Waals surface area contributed by atoms with E-state index in [0.717, 1.165) is 48.9 Å². The quantitative estimate of drug-likeness (QED) is 0.935. The maximum absolute atomic E-state index is 10.6. The molecule has 3 rings (SSSR count). The van der Waals surface area contributed by atoms with E-state index < -0.39 is 5.97 Å². The van der Waals surface area contributed by atoms with Gasteiger partial charge < -0.3 is 10.0 Å². The minimum atomic E-state index is -0.693. The van der Waals surface area contributed by atoms with Crippen molar-refractivity contribution in [2.24, 2.45) is 5.92 Å². The summed E-state index contributed by atoms with van der Waals surface area (Å²) in [6.07, 6.45) is 5.00. The number of carbonyl (C=O) groups is 1. The molecule has 110 valence electrons. The third-order valence-electron chi connectivity index (χ3n) is 4.25. The average Bonchev–Trinajstić information content (AvgIpc) is 2.53. The lowest BCUT2D eigenvalue weighted by Gasteiger charge is -2.33. The van der Waals surface area contributed by atoms with Crippen molar-refractivity contribution in [3.63, 3.8) is 0 Å². The van der Waals surface area contributed by atoms with E-state index in [-0.39, 0.29) is 6.42 Å². The molecule has 0 atom stereocenters. The summed E-state index contributed by atoms with van der Waals surface area (Å²) in [5, 5.41) is 18.2. The average molecular weight is 285 g/mol. The molecule has 1 N–H and O–H groups in total. The van der Waals surface area contributed by atoms with Crippen LogP contribution >= 0.6 is 0 Å². The number of carboxylic acids is 1. The second-order valence-corrected chi connectivity index (χ2v) is 5.61. The van der Waals surface area contributed by atoms with Gasteiger partial charge in [0.05, 0.1) is 17.4 Å². The van der Waals surface area contributed by atoms with E-state index in [1.807, 2.05) is 24.4 Å². The zero-order valence-corrected chi connectivity index (χ0v) is 11.9. The summed E-state index contributed by atoms with van der Waals surface area (Å²) in [4.78, 5) is 13.0. The van der Waals surface area contributed by atoms with Crippen molar-refractivity contribution < 1.29 is 9.90 Å². The zero-order chi connectivity index (χ0) is 14.7. The van der Waals surface area contributed by atoms with Gasteiger partial charge in [0.15, 0.2) is 0 Å². The van der Waals surface area contributed by atoms with Crippen LogP contribution in [0.1, 0.15) is 25.7 Å². The lowest BCUT2D eigenvalue weighted by Crippen LogP contribution is -2.34. The topological polar surface area (TPSA) is 66.3 Å². The van der Waals surface area contributed by atoms with Crippen LogP contribution in [0.4, 0.5) is 5.69 Å². The fraction of sp³-hybridized carbons (Fsp3) is 0.438. The number of aromatic nitrogens is 2. The monoisotopic (exact) mass is 285 g/mol. The molecular weight excluding hydrogens is 266 g/mol. The van der Waals surface area contributed by atoms with Gasteiger partial charge in [-0.2, -0.15) is 10.2 Å². The van der Waals surface area contributed by atoms with Crippen LogP contribution in [0.5, 0.6) is 0 Å². The number of piperidine rings is 1. The molecule has 2 heterocycles. The second kappa shape index (κ2) is 6.08. The van der Waals surface area contributed by atoms with Gasteiger partial charge >= 0.3 is 5.97 Å². The molecule has 0 amide bonds. The number of benzene rings is 1. The number of carboxylic acid groups (broad SMARTS) is 1. The molecule has 1 saturated heterocycles. The fourth-order valence-electron chi connectivity index (χ4n) is 3.03. The molecule has 1 aromatic heterocycles. The number of anilines is 1. The van der Waals surface area contributed by atoms with Crippen molar-refractivity contribution >= 4 is 22.6 Å². The summed E-state index contributed by atoms with van der Waals surface area (Å²) in [5.41, 5.74) is 2.06. The lowest BCUT2D eigenvalue weighted by molar-refractivity contribution is -0.137. The Morgan fingerprint density at radius 3 is 2.81 bits per heavy atom. The highest BCUT2D eigenvalue weighted by molar-refractivity contribution is 5.90. The number of rotatable bonds is 4. The predicted molar refractivity (Wildman–Crippen MR) is 81.3 cm³/mol. The van der Waals surface area contributed by atoms with Gasteiger partial charge in [0.1, 0.15) is 0 Å². The van der Waals surface area contributed by atoms with Gasteiger partial charge in [-0.1, -0.05) is 18.2 Å². The third-order valence-corrected chi connectivity index (χ3v) is 4.25. The van der Waals surface area contributed by atoms with Gasteiger partial charge in [0.2, 0.25) is 0 Å². The first-order chi connectivity index (χ1) is 10.2. The second-order valence-electron chi connectivity index (χ2n) is 5.61. The summed E-state index contributed by atoms with van der Waals surface area (Å²) in [6, 6.07) is 8.05. The van der Waals surface area contributed by atoms with Crippen LogP contribution in [-0.4, -0.2) is 34.4 Å². The van der Waals surface area contributed by atoms with Crippen molar-refractivity contribution in [3.05, 3.63) is 30.5 Å². The van der Waals surface area contributed by atoms with E-state index >= 15 is 0 Å². The molecule has 0 unspecified atom stereocenters. The van der Waals surface area contributed by atoms with Crippen molar-refractivity contribution in [2.75, 3.05) is 18.0 Å². The van der Waals surface area contributed by atoms with Crippen LogP contribution < -0.4 is 4.90 Å². The highest BCUT2D eigenvalue weighted by Gasteiger charge is 2.21. The number of aliphatic carboxylic acids is 1. The highest BCUT2D eigenvalue weighted by Crippen LogP contribution is 2.29. The predicted octanol–water partition coefficient (Wildman–Crippen LogP) is 2.71. The normalized spacial score (nSPS) is 16.3. The molecule has 1 aliphatic rings. The van der Waals surface area contributed by atoms with Gasteiger partial charge in [-0.25, -0.2) is 0 Å². The summed E-state index contributed by atoms with van der Waals surface area (Å²) < 4.78 is 0. The Balaban J connectivity index is 1.70. The Kier molecular flexibility index (Phi) is 3.99. The van der Waals surface area contributed by atoms with Crippen LogP contribution in [0.3, 0.4) is 0 Å². The third kappa shape index (κ3) is 3.12. The molecule has 0 aliphatic carbocycles. The standard InChI is InChI=1S/C16H19N3O2/c20-16(21)6-5-12-7-9-19(10-8-12)15-11-17-18-14-4-2-1-3-13(14)15/h1-4,11-12H,5-10H2,(H,20,21). The SMILES string of the molecule is O=C(O)CCC1CCN(c2cnnc3ccccc23)CC1. The Hall–Kier alpha value is -2.17. The van der Waals surface area contributed by atoms with Crippen LogP contribution in [0, 0.1) is 5.92 Å². The molecule has 5 nitrogen and oxygen atoms in total.